The van der Waals surface area contributed by atoms with Crippen molar-refractivity contribution in [3.63, 3.8) is 0 Å². The number of ether oxygens (including phenoxy) is 2. The Morgan fingerprint density at radius 1 is 1.37 bits per heavy atom. The maximum absolute atomic E-state index is 11.7. The highest BCUT2D eigenvalue weighted by atomic mass is 16.5. The molecule has 0 aromatic heterocycles. The standard InChI is InChI=1S/C15H23NO3/c1-5-6-9-19-14-10-12(16-11(2)3)7-8-13(14)15(17)18-4/h7-8,10-11,16H,5-6,9H2,1-4H3. The summed E-state index contributed by atoms with van der Waals surface area (Å²) in [5.74, 6) is 0.202. The Morgan fingerprint density at radius 2 is 2.11 bits per heavy atom. The van der Waals surface area contributed by atoms with E-state index in [2.05, 4.69) is 26.1 Å². The second kappa shape index (κ2) is 7.67. The lowest BCUT2D eigenvalue weighted by Gasteiger charge is -2.14. The molecule has 0 fully saturated rings. The Kier molecular flexibility index (Phi) is 6.19. The molecule has 19 heavy (non-hydrogen) atoms. The Morgan fingerprint density at radius 3 is 2.68 bits per heavy atom. The van der Waals surface area contributed by atoms with Crippen LogP contribution in [0.3, 0.4) is 0 Å². The van der Waals surface area contributed by atoms with Gasteiger partial charge in [-0.3, -0.25) is 0 Å². The number of carbonyl (C=O) groups excluding carboxylic acids is 1. The number of anilines is 1. The van der Waals surface area contributed by atoms with Crippen molar-refractivity contribution in [3.8, 4) is 5.75 Å². The monoisotopic (exact) mass is 265 g/mol. The van der Waals surface area contributed by atoms with Gasteiger partial charge in [0.2, 0.25) is 0 Å². The molecule has 0 heterocycles. The van der Waals surface area contributed by atoms with Gasteiger partial charge < -0.3 is 14.8 Å². The van der Waals surface area contributed by atoms with Crippen molar-refractivity contribution in [3.05, 3.63) is 23.8 Å². The molecule has 0 saturated heterocycles. The van der Waals surface area contributed by atoms with Gasteiger partial charge in [0.05, 0.1) is 13.7 Å². The number of benzene rings is 1. The normalized spacial score (nSPS) is 10.4. The summed E-state index contributed by atoms with van der Waals surface area (Å²) in [7, 11) is 1.37. The zero-order chi connectivity index (χ0) is 14.3. The van der Waals surface area contributed by atoms with E-state index in [1.165, 1.54) is 7.11 Å². The first-order chi connectivity index (χ1) is 9.08. The first kappa shape index (κ1) is 15.3. The zero-order valence-corrected chi connectivity index (χ0v) is 12.2. The molecule has 0 unspecified atom stereocenters. The number of esters is 1. The Labute approximate surface area is 115 Å². The van der Waals surface area contributed by atoms with Gasteiger partial charge in [0, 0.05) is 17.8 Å². The molecule has 0 atom stereocenters. The van der Waals surface area contributed by atoms with Gasteiger partial charge >= 0.3 is 5.97 Å². The summed E-state index contributed by atoms with van der Waals surface area (Å²) in [6.45, 7) is 6.82. The molecule has 0 radical (unpaired) electrons. The maximum atomic E-state index is 11.7. The lowest BCUT2D eigenvalue weighted by molar-refractivity contribution is 0.0596. The first-order valence-electron chi connectivity index (χ1n) is 6.70. The summed E-state index contributed by atoms with van der Waals surface area (Å²) in [5.41, 5.74) is 1.40. The second-order valence-electron chi connectivity index (χ2n) is 4.70. The third-order valence-corrected chi connectivity index (χ3v) is 2.60. The molecule has 0 bridgehead atoms. The largest absolute Gasteiger partial charge is 0.493 e. The van der Waals surface area contributed by atoms with E-state index in [0.29, 0.717) is 24.0 Å². The highest BCUT2D eigenvalue weighted by molar-refractivity contribution is 5.93. The van der Waals surface area contributed by atoms with E-state index in [9.17, 15) is 4.79 Å². The third kappa shape index (κ3) is 4.81. The smallest absolute Gasteiger partial charge is 0.341 e. The van der Waals surface area contributed by atoms with Crippen molar-refractivity contribution in [2.45, 2.75) is 39.7 Å². The van der Waals surface area contributed by atoms with Gasteiger partial charge in [-0.25, -0.2) is 4.79 Å². The van der Waals surface area contributed by atoms with Crippen molar-refractivity contribution in [2.75, 3.05) is 19.0 Å². The maximum Gasteiger partial charge on any atom is 0.341 e. The van der Waals surface area contributed by atoms with Crippen LogP contribution in [0.5, 0.6) is 5.75 Å². The van der Waals surface area contributed by atoms with Crippen molar-refractivity contribution >= 4 is 11.7 Å². The molecule has 1 rings (SSSR count). The molecule has 0 aliphatic rings. The van der Waals surface area contributed by atoms with Crippen LogP contribution in [0.15, 0.2) is 18.2 Å². The van der Waals surface area contributed by atoms with Crippen molar-refractivity contribution in [2.24, 2.45) is 0 Å². The van der Waals surface area contributed by atoms with Gasteiger partial charge in [0.1, 0.15) is 11.3 Å². The van der Waals surface area contributed by atoms with E-state index < -0.39 is 0 Å². The minimum Gasteiger partial charge on any atom is -0.493 e. The molecule has 106 valence electrons. The van der Waals surface area contributed by atoms with Gasteiger partial charge in [0.15, 0.2) is 0 Å². The quantitative estimate of drug-likeness (QED) is 0.605. The number of hydrogen-bond acceptors (Lipinski definition) is 4. The van der Waals surface area contributed by atoms with Crippen molar-refractivity contribution in [1.29, 1.82) is 0 Å². The van der Waals surface area contributed by atoms with Crippen molar-refractivity contribution in [1.82, 2.24) is 0 Å². The van der Waals surface area contributed by atoms with E-state index in [1.807, 2.05) is 12.1 Å². The molecule has 4 heteroatoms. The number of unbranched alkanes of at least 4 members (excludes halogenated alkanes) is 1. The summed E-state index contributed by atoms with van der Waals surface area (Å²) in [6.07, 6.45) is 2.01. The molecular formula is C15H23NO3. The van der Waals surface area contributed by atoms with Crippen LogP contribution in [0.1, 0.15) is 44.0 Å². The predicted octanol–water partition coefficient (Wildman–Crippen LogP) is 3.47. The topological polar surface area (TPSA) is 47.6 Å². The molecule has 0 aliphatic carbocycles. The van der Waals surface area contributed by atoms with E-state index in [1.54, 1.807) is 6.07 Å². The van der Waals surface area contributed by atoms with Gasteiger partial charge in [0.25, 0.3) is 0 Å². The molecule has 1 aromatic rings. The van der Waals surface area contributed by atoms with Crippen LogP contribution in [0.4, 0.5) is 5.69 Å². The third-order valence-electron chi connectivity index (χ3n) is 2.60. The van der Waals surface area contributed by atoms with Crippen LogP contribution < -0.4 is 10.1 Å². The number of nitrogens with one attached hydrogen (secondary N) is 1. The van der Waals surface area contributed by atoms with E-state index in [-0.39, 0.29) is 5.97 Å². The highest BCUT2D eigenvalue weighted by Crippen LogP contribution is 2.25. The fraction of sp³-hybridized carbons (Fsp3) is 0.533. The summed E-state index contributed by atoms with van der Waals surface area (Å²) in [6, 6.07) is 5.77. The summed E-state index contributed by atoms with van der Waals surface area (Å²) in [5, 5.41) is 3.29. The van der Waals surface area contributed by atoms with Crippen molar-refractivity contribution < 1.29 is 14.3 Å². The fourth-order valence-corrected chi connectivity index (χ4v) is 1.67. The lowest BCUT2D eigenvalue weighted by atomic mass is 10.1. The summed E-state index contributed by atoms with van der Waals surface area (Å²) >= 11 is 0. The van der Waals surface area contributed by atoms with Crippen LogP contribution in [-0.2, 0) is 4.74 Å². The van der Waals surface area contributed by atoms with E-state index in [0.717, 1.165) is 18.5 Å². The number of carbonyl (C=O) groups is 1. The van der Waals surface area contributed by atoms with Crippen LogP contribution in [0.25, 0.3) is 0 Å². The molecule has 1 aromatic carbocycles. The molecule has 0 saturated carbocycles. The number of rotatable bonds is 7. The molecule has 0 spiro atoms. The zero-order valence-electron chi connectivity index (χ0n) is 12.2. The fourth-order valence-electron chi connectivity index (χ4n) is 1.67. The van der Waals surface area contributed by atoms with Gasteiger partial charge in [-0.2, -0.15) is 0 Å². The highest BCUT2D eigenvalue weighted by Gasteiger charge is 2.14. The van der Waals surface area contributed by atoms with Crippen LogP contribution in [0.2, 0.25) is 0 Å². The average molecular weight is 265 g/mol. The number of methoxy groups -OCH3 is 1. The minimum atomic E-state index is -0.373. The van der Waals surface area contributed by atoms with Crippen LogP contribution >= 0.6 is 0 Å². The summed E-state index contributed by atoms with van der Waals surface area (Å²) in [4.78, 5) is 11.7. The second-order valence-corrected chi connectivity index (χ2v) is 4.70. The molecule has 0 aliphatic heterocycles. The van der Waals surface area contributed by atoms with E-state index >= 15 is 0 Å². The first-order valence-corrected chi connectivity index (χ1v) is 6.70. The molecule has 4 nitrogen and oxygen atoms in total. The van der Waals surface area contributed by atoms with E-state index in [4.69, 9.17) is 9.47 Å². The number of hydrogen-bond donors (Lipinski definition) is 1. The Bertz CT molecular complexity index is 416. The van der Waals surface area contributed by atoms with Crippen LogP contribution in [0, 0.1) is 0 Å². The van der Waals surface area contributed by atoms with Crippen LogP contribution in [-0.4, -0.2) is 25.7 Å². The molecule has 0 amide bonds. The van der Waals surface area contributed by atoms with Gasteiger partial charge in [-0.15, -0.1) is 0 Å². The Balaban J connectivity index is 2.93. The Hall–Kier alpha value is -1.71. The molecular weight excluding hydrogens is 242 g/mol. The SMILES string of the molecule is CCCCOc1cc(NC(C)C)ccc1C(=O)OC. The predicted molar refractivity (Wildman–Crippen MR) is 76.9 cm³/mol. The lowest BCUT2D eigenvalue weighted by Crippen LogP contribution is -2.11. The average Bonchev–Trinajstić information content (AvgIpc) is 2.38. The summed E-state index contributed by atoms with van der Waals surface area (Å²) < 4.78 is 10.4. The molecule has 1 N–H and O–H groups in total. The van der Waals surface area contributed by atoms with Gasteiger partial charge in [-0.05, 0) is 32.4 Å². The minimum absolute atomic E-state index is 0.326. The van der Waals surface area contributed by atoms with Gasteiger partial charge in [-0.1, -0.05) is 13.3 Å².